The van der Waals surface area contributed by atoms with Gasteiger partial charge in [0.05, 0.1) is 17.5 Å². The number of ether oxygens (including phenoxy) is 2. The number of hydrogen-bond donors (Lipinski definition) is 1. The normalized spacial score (nSPS) is 14.5. The fourth-order valence-corrected chi connectivity index (χ4v) is 5.43. The molecule has 2 heterocycles. The highest BCUT2D eigenvalue weighted by molar-refractivity contribution is 7.90. The average molecular weight is 386 g/mol. The first-order valence-electron chi connectivity index (χ1n) is 8.82. The summed E-state index contributed by atoms with van der Waals surface area (Å²) in [6, 6.07) is 10.7. The van der Waals surface area contributed by atoms with Crippen LogP contribution in [0, 0.1) is 13.8 Å². The van der Waals surface area contributed by atoms with Gasteiger partial charge in [0.15, 0.2) is 11.5 Å². The number of rotatable bonds is 3. The van der Waals surface area contributed by atoms with Gasteiger partial charge in [-0.3, -0.25) is 0 Å². The number of nitrogens with zero attached hydrogens (tertiary/aromatic N) is 1. The summed E-state index contributed by atoms with van der Waals surface area (Å²) in [6.45, 7) is 5.46. The van der Waals surface area contributed by atoms with Crippen LogP contribution < -0.4 is 14.8 Å². The Bertz CT molecular complexity index is 1130. The second-order valence-corrected chi connectivity index (χ2v) is 8.42. The average Bonchev–Trinajstić information content (AvgIpc) is 2.81. The van der Waals surface area contributed by atoms with Crippen molar-refractivity contribution >= 4 is 20.9 Å². The highest BCUT2D eigenvalue weighted by Gasteiger charge is 2.27. The van der Waals surface area contributed by atoms with Crippen molar-refractivity contribution in [2.75, 3.05) is 20.3 Å². The van der Waals surface area contributed by atoms with Crippen molar-refractivity contribution in [3.8, 4) is 11.5 Å². The van der Waals surface area contributed by atoms with E-state index in [1.807, 2.05) is 12.1 Å². The lowest BCUT2D eigenvalue weighted by molar-refractivity contribution is 0.302. The molecule has 1 N–H and O–H groups in total. The van der Waals surface area contributed by atoms with Gasteiger partial charge in [-0.1, -0.05) is 18.2 Å². The fraction of sp³-hybridized carbons (Fsp3) is 0.300. The zero-order chi connectivity index (χ0) is 19.2. The second-order valence-electron chi connectivity index (χ2n) is 6.67. The third-order valence-electron chi connectivity index (χ3n) is 4.92. The molecule has 1 aromatic heterocycles. The summed E-state index contributed by atoms with van der Waals surface area (Å²) in [5, 5.41) is 4.17. The predicted molar refractivity (Wildman–Crippen MR) is 104 cm³/mol. The molecule has 0 bridgehead atoms. The van der Waals surface area contributed by atoms with E-state index in [1.54, 1.807) is 45.2 Å². The molecule has 4 rings (SSSR count). The summed E-state index contributed by atoms with van der Waals surface area (Å²) in [4.78, 5) is 0.300. The number of benzene rings is 2. The van der Waals surface area contributed by atoms with Gasteiger partial charge in [-0.25, -0.2) is 12.4 Å². The molecular formula is C20H22N2O4S. The topological polar surface area (TPSA) is 69.6 Å². The van der Waals surface area contributed by atoms with E-state index in [2.05, 4.69) is 5.32 Å². The van der Waals surface area contributed by atoms with Crippen LogP contribution in [-0.4, -0.2) is 32.7 Å². The molecule has 142 valence electrons. The fourth-order valence-electron chi connectivity index (χ4n) is 3.67. The summed E-state index contributed by atoms with van der Waals surface area (Å²) < 4.78 is 39.7. The van der Waals surface area contributed by atoms with Crippen molar-refractivity contribution in [3.63, 3.8) is 0 Å². The number of aryl methyl sites for hydroxylation is 2. The van der Waals surface area contributed by atoms with Gasteiger partial charge in [0, 0.05) is 35.8 Å². The van der Waals surface area contributed by atoms with E-state index in [0.717, 1.165) is 17.5 Å². The lowest BCUT2D eigenvalue weighted by Crippen LogP contribution is -2.16. The monoisotopic (exact) mass is 386 g/mol. The summed E-state index contributed by atoms with van der Waals surface area (Å²) in [5.74, 6) is 1.22. The van der Waals surface area contributed by atoms with Crippen molar-refractivity contribution in [2.45, 2.75) is 25.3 Å². The van der Waals surface area contributed by atoms with Crippen molar-refractivity contribution < 1.29 is 17.9 Å². The van der Waals surface area contributed by atoms with Crippen LogP contribution in [0.3, 0.4) is 0 Å². The van der Waals surface area contributed by atoms with Crippen LogP contribution >= 0.6 is 0 Å². The van der Waals surface area contributed by atoms with E-state index in [-0.39, 0.29) is 0 Å². The van der Waals surface area contributed by atoms with Gasteiger partial charge in [-0.05, 0) is 31.5 Å². The van der Waals surface area contributed by atoms with E-state index >= 15 is 0 Å². The largest absolute Gasteiger partial charge is 0.493 e. The molecule has 0 amide bonds. The number of aromatic nitrogens is 1. The van der Waals surface area contributed by atoms with Gasteiger partial charge in [0.1, 0.15) is 6.61 Å². The van der Waals surface area contributed by atoms with Crippen LogP contribution in [0.25, 0.3) is 10.9 Å². The van der Waals surface area contributed by atoms with Crippen LogP contribution in [0.15, 0.2) is 41.3 Å². The lowest BCUT2D eigenvalue weighted by atomic mass is 10.1. The second kappa shape index (κ2) is 6.58. The van der Waals surface area contributed by atoms with Crippen LogP contribution in [-0.2, 0) is 16.6 Å². The maximum Gasteiger partial charge on any atom is 0.268 e. The number of hydrogen-bond acceptors (Lipinski definition) is 5. The van der Waals surface area contributed by atoms with Crippen molar-refractivity contribution in [1.29, 1.82) is 0 Å². The molecule has 0 saturated heterocycles. The minimum atomic E-state index is -3.74. The molecule has 0 saturated carbocycles. The molecule has 0 fully saturated rings. The molecular weight excluding hydrogens is 364 g/mol. The first-order chi connectivity index (χ1) is 12.9. The van der Waals surface area contributed by atoms with Gasteiger partial charge in [-0.15, -0.1) is 0 Å². The minimum Gasteiger partial charge on any atom is -0.493 e. The summed E-state index contributed by atoms with van der Waals surface area (Å²) in [6.07, 6.45) is 0. The van der Waals surface area contributed by atoms with Crippen molar-refractivity contribution in [1.82, 2.24) is 9.29 Å². The number of fused-ring (bicyclic) bond motifs is 3. The van der Waals surface area contributed by atoms with E-state index in [9.17, 15) is 8.42 Å². The Morgan fingerprint density at radius 2 is 1.96 bits per heavy atom. The third kappa shape index (κ3) is 2.78. The number of nitrogens with one attached hydrogen (secondary N) is 1. The van der Waals surface area contributed by atoms with Gasteiger partial charge in [-0.2, -0.15) is 0 Å². The maximum absolute atomic E-state index is 13.5. The molecule has 27 heavy (non-hydrogen) atoms. The Morgan fingerprint density at radius 1 is 1.19 bits per heavy atom. The molecule has 1 aliphatic heterocycles. The molecule has 0 aliphatic carbocycles. The minimum absolute atomic E-state index is 0.300. The van der Waals surface area contributed by atoms with E-state index in [0.29, 0.717) is 46.3 Å². The van der Waals surface area contributed by atoms with Gasteiger partial charge in [0.2, 0.25) is 0 Å². The molecule has 7 heteroatoms. The SMILES string of the molecule is COc1cc2c(cc(C)n2S(=O)(=O)c2ccccc2C)c2c1OCCNC2. The van der Waals surface area contributed by atoms with Crippen molar-refractivity contribution in [2.24, 2.45) is 0 Å². The van der Waals surface area contributed by atoms with E-state index < -0.39 is 10.0 Å². The van der Waals surface area contributed by atoms with Crippen LogP contribution in [0.1, 0.15) is 16.8 Å². The summed E-state index contributed by atoms with van der Waals surface area (Å²) in [5.41, 5.74) is 2.88. The van der Waals surface area contributed by atoms with Gasteiger partial charge < -0.3 is 14.8 Å². The van der Waals surface area contributed by atoms with Crippen molar-refractivity contribution in [3.05, 3.63) is 53.2 Å². The first-order valence-corrected chi connectivity index (χ1v) is 10.3. The molecule has 0 spiro atoms. The Kier molecular flexibility index (Phi) is 4.36. The van der Waals surface area contributed by atoms with Gasteiger partial charge in [0.25, 0.3) is 10.0 Å². The van der Waals surface area contributed by atoms with Crippen LogP contribution in [0.2, 0.25) is 0 Å². The predicted octanol–water partition coefficient (Wildman–Crippen LogP) is 2.99. The third-order valence-corrected chi connectivity index (χ3v) is 6.90. The first kappa shape index (κ1) is 17.9. The maximum atomic E-state index is 13.5. The highest BCUT2D eigenvalue weighted by Crippen LogP contribution is 2.40. The molecule has 3 aromatic rings. The smallest absolute Gasteiger partial charge is 0.268 e. The number of methoxy groups -OCH3 is 1. The molecule has 2 aromatic carbocycles. The molecule has 0 radical (unpaired) electrons. The van der Waals surface area contributed by atoms with Crippen LogP contribution in [0.5, 0.6) is 11.5 Å². The Balaban J connectivity index is 2.05. The quantitative estimate of drug-likeness (QED) is 0.749. The zero-order valence-electron chi connectivity index (χ0n) is 15.6. The zero-order valence-corrected chi connectivity index (χ0v) is 16.4. The molecule has 1 aliphatic rings. The van der Waals surface area contributed by atoms with E-state index in [1.165, 1.54) is 3.97 Å². The lowest BCUT2D eigenvalue weighted by Gasteiger charge is -2.15. The highest BCUT2D eigenvalue weighted by atomic mass is 32.2. The Hall–Kier alpha value is -2.51. The van der Waals surface area contributed by atoms with E-state index in [4.69, 9.17) is 9.47 Å². The molecule has 0 atom stereocenters. The summed E-state index contributed by atoms with van der Waals surface area (Å²) in [7, 11) is -2.18. The van der Waals surface area contributed by atoms with Gasteiger partial charge >= 0.3 is 0 Å². The standard InChI is InChI=1S/C20H22N2O4S/c1-13-6-4-5-7-19(13)27(23,24)22-14(2)10-15-16-12-21-8-9-26-20(16)18(25-3)11-17(15)22/h4-7,10-11,21H,8-9,12H2,1-3H3. The Morgan fingerprint density at radius 3 is 2.70 bits per heavy atom. The molecule has 6 nitrogen and oxygen atoms in total. The van der Waals surface area contributed by atoms with Crippen LogP contribution in [0.4, 0.5) is 0 Å². The Labute approximate surface area is 158 Å². The molecule has 0 unspecified atom stereocenters. The summed E-state index contributed by atoms with van der Waals surface area (Å²) >= 11 is 0.